The molecule has 0 saturated carbocycles. The van der Waals surface area contributed by atoms with E-state index >= 15 is 0 Å². The molecule has 0 amide bonds. The van der Waals surface area contributed by atoms with Gasteiger partial charge in [-0.3, -0.25) is 5.84 Å². The maximum atomic E-state index is 10.2. The molecule has 0 heterocycles. The Hall–Kier alpha value is -0.200. The quantitative estimate of drug-likeness (QED) is 0.308. The van der Waals surface area contributed by atoms with Gasteiger partial charge in [0, 0.05) is 13.2 Å². The number of rotatable bonds is 5. The average Bonchev–Trinajstić information content (AvgIpc) is 1.82. The van der Waals surface area contributed by atoms with Crippen molar-refractivity contribution in [2.75, 3.05) is 13.2 Å². The number of hydroxylamine groups is 1. The predicted octanol–water partition coefficient (Wildman–Crippen LogP) is -0.629. The molecular formula is C5H14N3O2-. The monoisotopic (exact) mass is 148 g/mol. The molecule has 5 heteroatoms. The standard InChI is InChI=1S/C5H14N3O2/c1-2-3-10-5(6)4-8(7)9/h5H,2-4,6-7H2,1H3/q-1. The summed E-state index contributed by atoms with van der Waals surface area (Å²) in [5, 5.41) is 10.4. The van der Waals surface area contributed by atoms with Crippen molar-refractivity contribution in [1.29, 1.82) is 0 Å². The molecule has 0 spiro atoms. The van der Waals surface area contributed by atoms with Crippen molar-refractivity contribution in [3.63, 3.8) is 0 Å². The molecule has 0 aliphatic rings. The third kappa shape index (κ3) is 5.93. The SMILES string of the molecule is CCCOC(N)CN(N)[O-]. The normalized spacial score (nSPS) is 14.1. The number of hydrogen-bond donors (Lipinski definition) is 2. The van der Waals surface area contributed by atoms with Crippen molar-refractivity contribution in [3.8, 4) is 0 Å². The van der Waals surface area contributed by atoms with E-state index < -0.39 is 6.23 Å². The van der Waals surface area contributed by atoms with E-state index in [0.29, 0.717) is 6.61 Å². The minimum atomic E-state index is -0.567. The van der Waals surface area contributed by atoms with E-state index in [9.17, 15) is 5.21 Å². The summed E-state index contributed by atoms with van der Waals surface area (Å²) in [6.45, 7) is 2.54. The third-order valence-corrected chi connectivity index (χ3v) is 0.896. The highest BCUT2D eigenvalue weighted by atomic mass is 16.5. The zero-order chi connectivity index (χ0) is 7.98. The van der Waals surface area contributed by atoms with E-state index in [-0.39, 0.29) is 11.7 Å². The minimum Gasteiger partial charge on any atom is -0.772 e. The Labute approximate surface area is 60.5 Å². The fraction of sp³-hybridized carbons (Fsp3) is 1.00. The second-order valence-electron chi connectivity index (χ2n) is 2.01. The number of hydrogen-bond acceptors (Lipinski definition) is 5. The van der Waals surface area contributed by atoms with Crippen molar-refractivity contribution < 1.29 is 4.74 Å². The molecule has 0 aromatic heterocycles. The van der Waals surface area contributed by atoms with Gasteiger partial charge in [-0.25, -0.2) is 0 Å². The lowest BCUT2D eigenvalue weighted by molar-refractivity contribution is 0.0399. The van der Waals surface area contributed by atoms with E-state index in [4.69, 9.17) is 16.3 Å². The highest BCUT2D eigenvalue weighted by Gasteiger charge is 1.99. The molecule has 1 unspecified atom stereocenters. The highest BCUT2D eigenvalue weighted by molar-refractivity contribution is 4.53. The van der Waals surface area contributed by atoms with Crippen LogP contribution < -0.4 is 11.6 Å². The zero-order valence-electron chi connectivity index (χ0n) is 6.12. The molecule has 10 heavy (non-hydrogen) atoms. The van der Waals surface area contributed by atoms with Crippen LogP contribution in [0.15, 0.2) is 0 Å². The van der Waals surface area contributed by atoms with Gasteiger partial charge in [-0.15, -0.1) is 0 Å². The fourth-order valence-electron chi connectivity index (χ4n) is 0.499. The van der Waals surface area contributed by atoms with Crippen LogP contribution >= 0.6 is 0 Å². The molecule has 1 atom stereocenters. The van der Waals surface area contributed by atoms with Gasteiger partial charge in [-0.2, -0.15) is 0 Å². The predicted molar refractivity (Wildman–Crippen MR) is 38.5 cm³/mol. The number of ether oxygens (including phenoxy) is 1. The lowest BCUT2D eigenvalue weighted by Crippen LogP contribution is -2.39. The van der Waals surface area contributed by atoms with Gasteiger partial charge in [-0.05, 0) is 6.42 Å². The molecule has 0 aromatic carbocycles. The Bertz CT molecular complexity index is 79.3. The van der Waals surface area contributed by atoms with Crippen LogP contribution in [0.25, 0.3) is 0 Å². The summed E-state index contributed by atoms with van der Waals surface area (Å²) in [4.78, 5) is 0. The fourth-order valence-corrected chi connectivity index (χ4v) is 0.499. The van der Waals surface area contributed by atoms with E-state index in [1.54, 1.807) is 0 Å². The smallest absolute Gasteiger partial charge is 0.118 e. The number of hydrazine groups is 1. The van der Waals surface area contributed by atoms with Crippen molar-refractivity contribution in [2.45, 2.75) is 19.6 Å². The summed E-state index contributed by atoms with van der Waals surface area (Å²) in [5.74, 6) is 4.78. The van der Waals surface area contributed by atoms with Crippen LogP contribution in [0.1, 0.15) is 13.3 Å². The molecule has 0 saturated heterocycles. The van der Waals surface area contributed by atoms with Crippen LogP contribution in [-0.2, 0) is 4.74 Å². The summed E-state index contributed by atoms with van der Waals surface area (Å²) >= 11 is 0. The first-order valence-electron chi connectivity index (χ1n) is 3.23. The summed E-state index contributed by atoms with van der Waals surface area (Å²) in [7, 11) is 0. The summed E-state index contributed by atoms with van der Waals surface area (Å²) in [6, 6.07) is 0. The molecule has 0 aliphatic heterocycles. The maximum Gasteiger partial charge on any atom is 0.118 e. The van der Waals surface area contributed by atoms with Crippen molar-refractivity contribution >= 4 is 0 Å². The molecule has 5 nitrogen and oxygen atoms in total. The highest BCUT2D eigenvalue weighted by Crippen LogP contribution is 1.86. The topological polar surface area (TPSA) is 87.6 Å². The Morgan fingerprint density at radius 2 is 2.30 bits per heavy atom. The van der Waals surface area contributed by atoms with Gasteiger partial charge in [0.2, 0.25) is 0 Å². The Kier molecular flexibility index (Phi) is 5.46. The van der Waals surface area contributed by atoms with Gasteiger partial charge < -0.3 is 20.9 Å². The van der Waals surface area contributed by atoms with Gasteiger partial charge in [0.15, 0.2) is 0 Å². The molecule has 62 valence electrons. The summed E-state index contributed by atoms with van der Waals surface area (Å²) in [6.07, 6.45) is 0.319. The second kappa shape index (κ2) is 5.57. The lowest BCUT2D eigenvalue weighted by atomic mass is 10.5. The van der Waals surface area contributed by atoms with E-state index in [0.717, 1.165) is 6.42 Å². The van der Waals surface area contributed by atoms with Gasteiger partial charge >= 0.3 is 0 Å². The molecular weight excluding hydrogens is 134 g/mol. The summed E-state index contributed by atoms with van der Waals surface area (Å²) < 4.78 is 4.96. The molecule has 0 bridgehead atoms. The van der Waals surface area contributed by atoms with Crippen LogP contribution in [0, 0.1) is 5.21 Å². The Morgan fingerprint density at radius 1 is 1.70 bits per heavy atom. The molecule has 0 aromatic rings. The van der Waals surface area contributed by atoms with Crippen LogP contribution in [0.2, 0.25) is 0 Å². The van der Waals surface area contributed by atoms with Crippen molar-refractivity contribution in [2.24, 2.45) is 11.6 Å². The molecule has 0 radical (unpaired) electrons. The first-order valence-corrected chi connectivity index (χ1v) is 3.23. The lowest BCUT2D eigenvalue weighted by Gasteiger charge is -2.24. The van der Waals surface area contributed by atoms with E-state index in [1.165, 1.54) is 0 Å². The third-order valence-electron chi connectivity index (χ3n) is 0.896. The van der Waals surface area contributed by atoms with Gasteiger partial charge in [0.1, 0.15) is 6.23 Å². The second-order valence-corrected chi connectivity index (χ2v) is 2.01. The molecule has 4 N–H and O–H groups in total. The molecule has 0 aliphatic carbocycles. The first-order chi connectivity index (χ1) is 4.66. The maximum absolute atomic E-state index is 10.2. The Balaban J connectivity index is 3.16. The number of nitrogens with zero attached hydrogens (tertiary/aromatic N) is 1. The Morgan fingerprint density at radius 3 is 2.70 bits per heavy atom. The molecule has 0 fully saturated rings. The average molecular weight is 148 g/mol. The molecule has 0 rings (SSSR count). The van der Waals surface area contributed by atoms with Crippen LogP contribution in [0.3, 0.4) is 0 Å². The summed E-state index contributed by atoms with van der Waals surface area (Å²) in [5.41, 5.74) is 5.32. The van der Waals surface area contributed by atoms with Crippen LogP contribution in [-0.4, -0.2) is 24.6 Å². The largest absolute Gasteiger partial charge is 0.772 e. The number of nitrogens with two attached hydrogens (primary N) is 2. The first kappa shape index (κ1) is 9.80. The van der Waals surface area contributed by atoms with Gasteiger partial charge in [0.05, 0.1) is 0 Å². The van der Waals surface area contributed by atoms with E-state index in [2.05, 4.69) is 0 Å². The minimum absolute atomic E-state index is 0.0139. The van der Waals surface area contributed by atoms with Crippen molar-refractivity contribution in [1.82, 2.24) is 5.17 Å². The van der Waals surface area contributed by atoms with E-state index in [1.807, 2.05) is 6.92 Å². The van der Waals surface area contributed by atoms with Crippen LogP contribution in [0.5, 0.6) is 0 Å². The van der Waals surface area contributed by atoms with Crippen LogP contribution in [0.4, 0.5) is 0 Å². The zero-order valence-corrected chi connectivity index (χ0v) is 6.12. The van der Waals surface area contributed by atoms with Gasteiger partial charge in [0.25, 0.3) is 0 Å². The van der Waals surface area contributed by atoms with Crippen molar-refractivity contribution in [3.05, 3.63) is 5.21 Å². The van der Waals surface area contributed by atoms with Gasteiger partial charge in [-0.1, -0.05) is 6.92 Å².